The van der Waals surface area contributed by atoms with Crippen LogP contribution in [0.3, 0.4) is 0 Å². The van der Waals surface area contributed by atoms with E-state index in [4.69, 9.17) is 4.98 Å². The molecule has 0 spiro atoms. The minimum atomic E-state index is 0.0590. The number of nitrogens with one attached hydrogen (secondary N) is 3. The number of H-pyrrole nitrogens is 2. The molecule has 186 valence electrons. The van der Waals surface area contributed by atoms with Crippen LogP contribution in [0.4, 0.5) is 11.5 Å². The van der Waals surface area contributed by atoms with Gasteiger partial charge < -0.3 is 20.1 Å². The van der Waals surface area contributed by atoms with Gasteiger partial charge in [0.25, 0.3) is 0 Å². The second-order valence-corrected chi connectivity index (χ2v) is 9.98. The molecule has 10 heteroatoms. The van der Waals surface area contributed by atoms with Crippen LogP contribution in [-0.2, 0) is 4.79 Å². The lowest BCUT2D eigenvalue weighted by atomic mass is 10.1. The lowest BCUT2D eigenvalue weighted by Gasteiger charge is -2.33. The van der Waals surface area contributed by atoms with Gasteiger partial charge in [0, 0.05) is 60.8 Å². The second kappa shape index (κ2) is 8.67. The van der Waals surface area contributed by atoms with Crippen molar-refractivity contribution in [3.05, 3.63) is 49.1 Å². The van der Waals surface area contributed by atoms with Crippen LogP contribution in [0.15, 0.2) is 49.1 Å². The second-order valence-electron chi connectivity index (χ2n) is 9.98. The molecule has 5 aromatic rings. The average molecular weight is 494 g/mol. The summed E-state index contributed by atoms with van der Waals surface area (Å²) in [7, 11) is 2.15. The van der Waals surface area contributed by atoms with E-state index in [9.17, 15) is 4.79 Å². The van der Waals surface area contributed by atoms with Gasteiger partial charge >= 0.3 is 0 Å². The predicted octanol–water partition coefficient (Wildman–Crippen LogP) is 3.66. The van der Waals surface area contributed by atoms with Crippen LogP contribution in [0, 0.1) is 5.92 Å². The van der Waals surface area contributed by atoms with Crippen molar-refractivity contribution in [2.75, 3.05) is 43.4 Å². The van der Waals surface area contributed by atoms with Crippen LogP contribution in [0.2, 0.25) is 0 Å². The maximum absolute atomic E-state index is 12.2. The molecule has 1 amide bonds. The van der Waals surface area contributed by atoms with Crippen LogP contribution < -0.4 is 10.2 Å². The van der Waals surface area contributed by atoms with E-state index in [-0.39, 0.29) is 11.8 Å². The van der Waals surface area contributed by atoms with Crippen LogP contribution in [-0.4, -0.2) is 74.2 Å². The summed E-state index contributed by atoms with van der Waals surface area (Å²) in [4.78, 5) is 34.1. The molecule has 0 radical (unpaired) electrons. The lowest BCUT2D eigenvalue weighted by Crippen LogP contribution is -2.44. The zero-order valence-corrected chi connectivity index (χ0v) is 20.5. The molecule has 5 aromatic heterocycles. The molecule has 10 nitrogen and oxygen atoms in total. The Labute approximate surface area is 213 Å². The van der Waals surface area contributed by atoms with Gasteiger partial charge in [-0.05, 0) is 44.2 Å². The largest absolute Gasteiger partial charge is 0.353 e. The standard InChI is InChI=1S/C27H27N9O/c1-35-6-8-36(9-7-35)26-20-12-23(32-21(20)4-5-29-26)25-19-11-22(30-15-24(19)33-34-25)17-10-18(14-28-13-17)31-27(37)16-2-3-16/h4-5,10-16,32H,2-3,6-9H2,1H3,(H,31,37)(H,33,34). The van der Waals surface area contributed by atoms with Crippen molar-refractivity contribution in [2.24, 2.45) is 5.92 Å². The number of aromatic nitrogens is 6. The SMILES string of the molecule is CN1CCN(c2nccc3[nH]c(-c4n[nH]c5cnc(-c6cncc(NC(=O)C7CC7)c6)cc45)cc23)CC1. The molecule has 1 aliphatic carbocycles. The Morgan fingerprint density at radius 2 is 1.86 bits per heavy atom. The number of aromatic amines is 2. The van der Waals surface area contributed by atoms with E-state index in [1.54, 1.807) is 18.6 Å². The molecule has 0 atom stereocenters. The van der Waals surface area contributed by atoms with E-state index in [0.717, 1.165) is 89.3 Å². The van der Waals surface area contributed by atoms with Crippen molar-refractivity contribution < 1.29 is 4.79 Å². The molecule has 7 rings (SSSR count). The van der Waals surface area contributed by atoms with E-state index in [1.807, 2.05) is 24.4 Å². The highest BCUT2D eigenvalue weighted by Crippen LogP contribution is 2.34. The van der Waals surface area contributed by atoms with Crippen molar-refractivity contribution in [3.63, 3.8) is 0 Å². The third-order valence-electron chi connectivity index (χ3n) is 7.28. The minimum Gasteiger partial charge on any atom is -0.353 e. The van der Waals surface area contributed by atoms with Gasteiger partial charge in [-0.3, -0.25) is 19.9 Å². The number of carbonyl (C=O) groups excluding carboxylic acids is 1. The highest BCUT2D eigenvalue weighted by Gasteiger charge is 2.29. The van der Waals surface area contributed by atoms with E-state index in [0.29, 0.717) is 5.69 Å². The third kappa shape index (κ3) is 4.09. The smallest absolute Gasteiger partial charge is 0.227 e. The van der Waals surface area contributed by atoms with Gasteiger partial charge in [-0.25, -0.2) is 4.98 Å². The number of nitrogens with zero attached hydrogens (tertiary/aromatic N) is 6. The quantitative estimate of drug-likeness (QED) is 0.342. The number of piperazine rings is 1. The molecule has 0 aromatic carbocycles. The number of anilines is 2. The summed E-state index contributed by atoms with van der Waals surface area (Å²) < 4.78 is 0. The number of hydrogen-bond donors (Lipinski definition) is 3. The van der Waals surface area contributed by atoms with Gasteiger partial charge in [0.15, 0.2) is 0 Å². The maximum atomic E-state index is 12.2. The fourth-order valence-corrected chi connectivity index (χ4v) is 4.95. The first-order chi connectivity index (χ1) is 18.1. The van der Waals surface area contributed by atoms with Crippen molar-refractivity contribution in [1.82, 2.24) is 35.0 Å². The first kappa shape index (κ1) is 21.9. The highest BCUT2D eigenvalue weighted by atomic mass is 16.2. The zero-order valence-electron chi connectivity index (χ0n) is 20.5. The van der Waals surface area contributed by atoms with Gasteiger partial charge in [0.1, 0.15) is 11.5 Å². The number of fused-ring (bicyclic) bond motifs is 2. The number of hydrogen-bond acceptors (Lipinski definition) is 7. The predicted molar refractivity (Wildman–Crippen MR) is 143 cm³/mol. The topological polar surface area (TPSA) is 119 Å². The van der Waals surface area contributed by atoms with Gasteiger partial charge in [0.05, 0.1) is 40.5 Å². The van der Waals surface area contributed by atoms with E-state index in [2.05, 4.69) is 53.4 Å². The summed E-state index contributed by atoms with van der Waals surface area (Å²) in [6.07, 6.45) is 9.00. The maximum Gasteiger partial charge on any atom is 0.227 e. The summed E-state index contributed by atoms with van der Waals surface area (Å²) in [5, 5.41) is 12.8. The number of carbonyl (C=O) groups is 1. The Morgan fingerprint density at radius 3 is 2.70 bits per heavy atom. The molecule has 0 unspecified atom stereocenters. The summed E-state index contributed by atoms with van der Waals surface area (Å²) in [6, 6.07) is 8.08. The minimum absolute atomic E-state index is 0.0590. The summed E-state index contributed by atoms with van der Waals surface area (Å²) >= 11 is 0. The van der Waals surface area contributed by atoms with Gasteiger partial charge in [0.2, 0.25) is 5.91 Å². The van der Waals surface area contributed by atoms with Crippen molar-refractivity contribution >= 4 is 39.2 Å². The normalized spacial score (nSPS) is 16.5. The van der Waals surface area contributed by atoms with Crippen LogP contribution in [0.1, 0.15) is 12.8 Å². The first-order valence-electron chi connectivity index (χ1n) is 12.6. The molecular formula is C27H27N9O. The monoisotopic (exact) mass is 493 g/mol. The van der Waals surface area contributed by atoms with E-state index in [1.165, 1.54) is 0 Å². The van der Waals surface area contributed by atoms with Crippen LogP contribution in [0.5, 0.6) is 0 Å². The average Bonchev–Trinajstić information content (AvgIpc) is 3.55. The molecule has 1 aliphatic heterocycles. The molecule has 3 N–H and O–H groups in total. The Bertz CT molecular complexity index is 1630. The molecule has 2 aliphatic rings. The Kier molecular flexibility index (Phi) is 5.14. The summed E-state index contributed by atoms with van der Waals surface area (Å²) in [6.45, 7) is 3.96. The molecular weight excluding hydrogens is 466 g/mol. The number of pyridine rings is 3. The fourth-order valence-electron chi connectivity index (χ4n) is 4.95. The molecule has 1 saturated carbocycles. The van der Waals surface area contributed by atoms with E-state index < -0.39 is 0 Å². The van der Waals surface area contributed by atoms with Crippen molar-refractivity contribution in [2.45, 2.75) is 12.8 Å². The van der Waals surface area contributed by atoms with Crippen molar-refractivity contribution in [1.29, 1.82) is 0 Å². The molecule has 1 saturated heterocycles. The molecule has 37 heavy (non-hydrogen) atoms. The van der Waals surface area contributed by atoms with Crippen LogP contribution in [0.25, 0.3) is 44.5 Å². The van der Waals surface area contributed by atoms with Crippen molar-refractivity contribution in [3.8, 4) is 22.6 Å². The molecule has 2 fully saturated rings. The third-order valence-corrected chi connectivity index (χ3v) is 7.28. The summed E-state index contributed by atoms with van der Waals surface area (Å²) in [5.41, 5.74) is 5.91. The fraction of sp³-hybridized carbons (Fsp3) is 0.296. The van der Waals surface area contributed by atoms with Crippen LogP contribution >= 0.6 is 0 Å². The Balaban J connectivity index is 1.24. The number of likely N-dealkylation sites (N-methyl/N-ethyl adjacent to an activating group) is 1. The Morgan fingerprint density at radius 1 is 1.00 bits per heavy atom. The number of amides is 1. The zero-order chi connectivity index (χ0) is 24.9. The highest BCUT2D eigenvalue weighted by molar-refractivity contribution is 6.00. The van der Waals surface area contributed by atoms with Gasteiger partial charge in [-0.15, -0.1) is 0 Å². The number of rotatable bonds is 5. The van der Waals surface area contributed by atoms with Gasteiger partial charge in [-0.1, -0.05) is 0 Å². The molecule has 0 bridgehead atoms. The Hall–Kier alpha value is -4.31. The first-order valence-corrected chi connectivity index (χ1v) is 12.6. The lowest BCUT2D eigenvalue weighted by molar-refractivity contribution is -0.117. The van der Waals surface area contributed by atoms with E-state index >= 15 is 0 Å². The van der Waals surface area contributed by atoms with Gasteiger partial charge in [-0.2, -0.15) is 5.10 Å². The summed E-state index contributed by atoms with van der Waals surface area (Å²) in [5.74, 6) is 1.20. The molecule has 6 heterocycles.